The topological polar surface area (TPSA) is 39.9 Å². The number of ether oxygens (including phenoxy) is 1. The van der Waals surface area contributed by atoms with Crippen molar-refractivity contribution in [2.45, 2.75) is 13.0 Å². The molecule has 1 saturated heterocycles. The smallest absolute Gasteiger partial charge is 0.125 e. The van der Waals surface area contributed by atoms with Crippen molar-refractivity contribution in [3.8, 4) is 11.4 Å². The highest BCUT2D eigenvalue weighted by molar-refractivity contribution is 9.10. The zero-order valence-corrected chi connectivity index (χ0v) is 11.0. The van der Waals surface area contributed by atoms with E-state index >= 15 is 0 Å². The Hall–Kier alpha value is -1.20. The van der Waals surface area contributed by atoms with Crippen LogP contribution in [0.2, 0.25) is 0 Å². The van der Waals surface area contributed by atoms with Gasteiger partial charge in [0.15, 0.2) is 0 Å². The Bertz CT molecular complexity index is 548. The van der Waals surface area contributed by atoms with Gasteiger partial charge in [-0.2, -0.15) is 5.10 Å². The maximum absolute atomic E-state index is 5.17. The van der Waals surface area contributed by atoms with Crippen LogP contribution >= 0.6 is 15.9 Å². The third kappa shape index (κ3) is 2.00. The van der Waals surface area contributed by atoms with Gasteiger partial charge < -0.3 is 4.74 Å². The van der Waals surface area contributed by atoms with Crippen molar-refractivity contribution in [3.05, 3.63) is 34.6 Å². The third-order valence-electron chi connectivity index (χ3n) is 2.81. The first-order chi connectivity index (χ1) is 8.24. The van der Waals surface area contributed by atoms with Crippen LogP contribution in [-0.4, -0.2) is 28.0 Å². The molecule has 5 heteroatoms. The molecule has 0 bridgehead atoms. The summed E-state index contributed by atoms with van der Waals surface area (Å²) in [5.74, 6) is 0. The molecule has 0 aromatic carbocycles. The van der Waals surface area contributed by atoms with Gasteiger partial charge >= 0.3 is 0 Å². The number of halogens is 1. The van der Waals surface area contributed by atoms with E-state index in [-0.39, 0.29) is 0 Å². The summed E-state index contributed by atoms with van der Waals surface area (Å²) in [5.41, 5.74) is 2.78. The average molecular weight is 294 g/mol. The number of rotatable bonds is 2. The van der Waals surface area contributed by atoms with Crippen LogP contribution in [0.15, 0.2) is 28.9 Å². The van der Waals surface area contributed by atoms with Crippen LogP contribution in [0.4, 0.5) is 0 Å². The molecule has 1 aliphatic heterocycles. The number of aryl methyl sites for hydroxylation is 1. The predicted molar refractivity (Wildman–Crippen MR) is 67.8 cm³/mol. The lowest BCUT2D eigenvalue weighted by atomic mass is 10.2. The molecule has 17 heavy (non-hydrogen) atoms. The van der Waals surface area contributed by atoms with E-state index in [9.17, 15) is 0 Å². The second kappa shape index (κ2) is 4.23. The zero-order valence-electron chi connectivity index (χ0n) is 9.43. The summed E-state index contributed by atoms with van der Waals surface area (Å²) >= 11 is 3.54. The van der Waals surface area contributed by atoms with E-state index in [2.05, 4.69) is 26.0 Å². The van der Waals surface area contributed by atoms with Crippen molar-refractivity contribution in [2.75, 3.05) is 13.2 Å². The van der Waals surface area contributed by atoms with Crippen molar-refractivity contribution in [2.24, 2.45) is 0 Å². The minimum Gasteiger partial charge on any atom is -0.377 e. The van der Waals surface area contributed by atoms with Gasteiger partial charge in [0.2, 0.25) is 0 Å². The molecule has 4 nitrogen and oxygen atoms in total. The fourth-order valence-corrected chi connectivity index (χ4v) is 2.27. The minimum atomic E-state index is 0.366. The number of pyridine rings is 1. The molecule has 2 aromatic rings. The SMILES string of the molecule is Cc1cccc(-c2nn(C3COC3)cc2Br)n1. The lowest BCUT2D eigenvalue weighted by Crippen LogP contribution is -2.30. The lowest BCUT2D eigenvalue weighted by Gasteiger charge is -2.25. The maximum Gasteiger partial charge on any atom is 0.125 e. The number of aromatic nitrogens is 3. The molecule has 0 unspecified atom stereocenters. The lowest BCUT2D eigenvalue weighted by molar-refractivity contribution is -0.0285. The summed E-state index contributed by atoms with van der Waals surface area (Å²) < 4.78 is 8.10. The summed E-state index contributed by atoms with van der Waals surface area (Å²) in [7, 11) is 0. The first-order valence-corrected chi connectivity index (χ1v) is 6.30. The summed E-state index contributed by atoms with van der Waals surface area (Å²) in [6.45, 7) is 3.47. The highest BCUT2D eigenvalue weighted by Crippen LogP contribution is 2.28. The van der Waals surface area contributed by atoms with Gasteiger partial charge in [-0.25, -0.2) is 0 Å². The second-order valence-electron chi connectivity index (χ2n) is 4.16. The standard InChI is InChI=1S/C12H12BrN3O/c1-8-3-2-4-11(14-8)12-10(13)5-16(15-12)9-6-17-7-9/h2-5,9H,6-7H2,1H3. The predicted octanol–water partition coefficient (Wildman–Crippen LogP) is 2.59. The molecule has 88 valence electrons. The van der Waals surface area contributed by atoms with Crippen molar-refractivity contribution in [1.82, 2.24) is 14.8 Å². The molecule has 2 aromatic heterocycles. The quantitative estimate of drug-likeness (QED) is 0.854. The van der Waals surface area contributed by atoms with Gasteiger partial charge in [-0.05, 0) is 35.0 Å². The molecular weight excluding hydrogens is 282 g/mol. The molecule has 0 spiro atoms. The van der Waals surface area contributed by atoms with Crippen LogP contribution in [0.25, 0.3) is 11.4 Å². The van der Waals surface area contributed by atoms with E-state index < -0.39 is 0 Å². The molecule has 3 heterocycles. The van der Waals surface area contributed by atoms with Crippen LogP contribution in [0.3, 0.4) is 0 Å². The van der Waals surface area contributed by atoms with E-state index in [1.54, 1.807) is 0 Å². The van der Waals surface area contributed by atoms with Crippen molar-refractivity contribution >= 4 is 15.9 Å². The van der Waals surface area contributed by atoms with Crippen molar-refractivity contribution in [3.63, 3.8) is 0 Å². The molecule has 3 rings (SSSR count). The largest absolute Gasteiger partial charge is 0.377 e. The molecule has 0 N–H and O–H groups in total. The van der Waals surface area contributed by atoms with Crippen LogP contribution in [0.1, 0.15) is 11.7 Å². The Labute approximate surface area is 108 Å². The molecule has 0 aliphatic carbocycles. The van der Waals surface area contributed by atoms with Crippen LogP contribution in [-0.2, 0) is 4.74 Å². The van der Waals surface area contributed by atoms with Crippen LogP contribution in [0.5, 0.6) is 0 Å². The highest BCUT2D eigenvalue weighted by atomic mass is 79.9. The molecule has 0 amide bonds. The Morgan fingerprint density at radius 1 is 1.41 bits per heavy atom. The highest BCUT2D eigenvalue weighted by Gasteiger charge is 2.23. The van der Waals surface area contributed by atoms with Gasteiger partial charge in [-0.3, -0.25) is 9.67 Å². The van der Waals surface area contributed by atoms with Gasteiger partial charge in [-0.1, -0.05) is 6.07 Å². The molecule has 1 fully saturated rings. The van der Waals surface area contributed by atoms with Gasteiger partial charge in [0.1, 0.15) is 5.69 Å². The first-order valence-electron chi connectivity index (χ1n) is 5.50. The fourth-order valence-electron chi connectivity index (χ4n) is 1.78. The minimum absolute atomic E-state index is 0.366. The Morgan fingerprint density at radius 3 is 2.88 bits per heavy atom. The normalized spacial score (nSPS) is 15.9. The summed E-state index contributed by atoms with van der Waals surface area (Å²) in [6.07, 6.45) is 1.99. The van der Waals surface area contributed by atoms with Crippen LogP contribution < -0.4 is 0 Å². The Kier molecular flexibility index (Phi) is 2.72. The third-order valence-corrected chi connectivity index (χ3v) is 3.39. The molecule has 0 atom stereocenters. The van der Waals surface area contributed by atoms with Gasteiger partial charge in [0.25, 0.3) is 0 Å². The second-order valence-corrected chi connectivity index (χ2v) is 5.02. The molecule has 0 radical (unpaired) electrons. The van der Waals surface area contributed by atoms with Gasteiger partial charge in [0.05, 0.1) is 29.4 Å². The van der Waals surface area contributed by atoms with Crippen molar-refractivity contribution < 1.29 is 4.74 Å². The molecule has 1 aliphatic rings. The molecule has 0 saturated carbocycles. The van der Waals surface area contributed by atoms with E-state index in [1.807, 2.05) is 36.0 Å². The number of hydrogen-bond acceptors (Lipinski definition) is 3. The summed E-state index contributed by atoms with van der Waals surface area (Å²) in [6, 6.07) is 6.32. The average Bonchev–Trinajstić information content (AvgIpc) is 2.57. The van der Waals surface area contributed by atoms with Crippen LogP contribution in [0, 0.1) is 6.92 Å². The fraction of sp³-hybridized carbons (Fsp3) is 0.333. The number of nitrogens with zero attached hydrogens (tertiary/aromatic N) is 3. The number of hydrogen-bond donors (Lipinski definition) is 0. The van der Waals surface area contributed by atoms with E-state index in [0.29, 0.717) is 6.04 Å². The maximum atomic E-state index is 5.17. The van der Waals surface area contributed by atoms with Gasteiger partial charge in [0, 0.05) is 11.9 Å². The first kappa shape index (κ1) is 10.9. The van der Waals surface area contributed by atoms with Crippen molar-refractivity contribution in [1.29, 1.82) is 0 Å². The van der Waals surface area contributed by atoms with E-state index in [4.69, 9.17) is 4.74 Å². The van der Waals surface area contributed by atoms with E-state index in [0.717, 1.165) is 34.8 Å². The van der Waals surface area contributed by atoms with E-state index in [1.165, 1.54) is 0 Å². The summed E-state index contributed by atoms with van der Waals surface area (Å²) in [5, 5.41) is 4.57. The Balaban J connectivity index is 1.99. The van der Waals surface area contributed by atoms with Gasteiger partial charge in [-0.15, -0.1) is 0 Å². The monoisotopic (exact) mass is 293 g/mol. The molecular formula is C12H12BrN3O. The Morgan fingerprint density at radius 2 is 2.24 bits per heavy atom. The zero-order chi connectivity index (χ0) is 11.8. The summed E-state index contributed by atoms with van der Waals surface area (Å²) in [4.78, 5) is 4.48.